The van der Waals surface area contributed by atoms with Crippen molar-refractivity contribution in [2.75, 3.05) is 7.11 Å². The summed E-state index contributed by atoms with van der Waals surface area (Å²) in [7, 11) is 1.39. The maximum absolute atomic E-state index is 13.2. The molecule has 4 heteroatoms. The second-order valence-electron chi connectivity index (χ2n) is 5.16. The number of carbonyl (C=O) groups is 1. The SMILES string of the molecule is CC(C)(F)C#Cc1ccc2ccccc2c1.COC=CC(=O)O. The molecule has 0 radical (unpaired) electrons. The number of alkyl halides is 1. The molecule has 3 nitrogen and oxygen atoms in total. The Hall–Kier alpha value is -2.80. The minimum absolute atomic E-state index is 0.851. The van der Waals surface area contributed by atoms with Crippen molar-refractivity contribution in [1.29, 1.82) is 0 Å². The Morgan fingerprint density at radius 1 is 1.22 bits per heavy atom. The highest BCUT2D eigenvalue weighted by atomic mass is 19.1. The van der Waals surface area contributed by atoms with E-state index in [2.05, 4.69) is 16.6 Å². The van der Waals surface area contributed by atoms with Crippen molar-refractivity contribution in [3.63, 3.8) is 0 Å². The highest BCUT2D eigenvalue weighted by Crippen LogP contribution is 2.15. The molecule has 1 N–H and O–H groups in total. The van der Waals surface area contributed by atoms with Gasteiger partial charge in [0.05, 0.1) is 19.4 Å². The Kier molecular flexibility index (Phi) is 6.82. The van der Waals surface area contributed by atoms with E-state index in [1.165, 1.54) is 26.3 Å². The lowest BCUT2D eigenvalue weighted by atomic mass is 10.1. The number of aliphatic carboxylic acids is 1. The number of ether oxygens (including phenoxy) is 1. The summed E-state index contributed by atoms with van der Waals surface area (Å²) in [5.74, 6) is 4.44. The Balaban J connectivity index is 0.000000322. The second kappa shape index (κ2) is 8.60. The van der Waals surface area contributed by atoms with Gasteiger partial charge < -0.3 is 9.84 Å². The van der Waals surface area contributed by atoms with Gasteiger partial charge >= 0.3 is 5.97 Å². The van der Waals surface area contributed by atoms with Gasteiger partial charge in [-0.15, -0.1) is 0 Å². The number of hydrogen-bond acceptors (Lipinski definition) is 2. The van der Waals surface area contributed by atoms with E-state index >= 15 is 0 Å². The molecule has 0 bridgehead atoms. The lowest BCUT2D eigenvalue weighted by Gasteiger charge is -2.02. The number of benzene rings is 2. The van der Waals surface area contributed by atoms with Crippen molar-refractivity contribution < 1.29 is 19.0 Å². The molecule has 0 amide bonds. The third-order valence-corrected chi connectivity index (χ3v) is 2.60. The molecular weight excluding hydrogens is 295 g/mol. The molecule has 2 rings (SSSR count). The molecular formula is C19H19FO3. The fourth-order valence-corrected chi connectivity index (χ4v) is 1.61. The van der Waals surface area contributed by atoms with Crippen molar-refractivity contribution in [3.8, 4) is 11.8 Å². The smallest absolute Gasteiger partial charge is 0.331 e. The quantitative estimate of drug-likeness (QED) is 0.514. The van der Waals surface area contributed by atoms with Crippen LogP contribution in [0.1, 0.15) is 19.4 Å². The first-order valence-corrected chi connectivity index (χ1v) is 6.95. The zero-order valence-electron chi connectivity index (χ0n) is 13.3. The molecule has 0 unspecified atom stereocenters. The molecule has 0 aromatic heterocycles. The lowest BCUT2D eigenvalue weighted by Crippen LogP contribution is -2.06. The Labute approximate surface area is 135 Å². The fraction of sp³-hybridized carbons (Fsp3) is 0.211. The standard InChI is InChI=1S/C15H13F.C4H6O3/c1-15(2,16)10-9-12-7-8-13-5-3-4-6-14(13)11-12;1-7-3-2-4(5)6/h3-8,11H,1-2H3;2-3H,1H3,(H,5,6). The lowest BCUT2D eigenvalue weighted by molar-refractivity contribution is -0.131. The summed E-state index contributed by atoms with van der Waals surface area (Å²) < 4.78 is 17.5. The van der Waals surface area contributed by atoms with E-state index in [0.29, 0.717) is 0 Å². The highest BCUT2D eigenvalue weighted by Gasteiger charge is 2.09. The van der Waals surface area contributed by atoms with Crippen LogP contribution < -0.4 is 0 Å². The van der Waals surface area contributed by atoms with E-state index in [9.17, 15) is 9.18 Å². The van der Waals surface area contributed by atoms with Crippen LogP contribution in [0.4, 0.5) is 4.39 Å². The molecule has 2 aromatic rings. The zero-order valence-corrected chi connectivity index (χ0v) is 13.3. The molecule has 0 spiro atoms. The molecule has 0 saturated heterocycles. The number of carboxylic acid groups (broad SMARTS) is 1. The van der Waals surface area contributed by atoms with E-state index in [4.69, 9.17) is 5.11 Å². The Bertz CT molecular complexity index is 746. The molecule has 0 aliphatic carbocycles. The van der Waals surface area contributed by atoms with Crippen LogP contribution in [0.25, 0.3) is 10.8 Å². The average Bonchev–Trinajstić information content (AvgIpc) is 2.50. The van der Waals surface area contributed by atoms with E-state index < -0.39 is 11.6 Å². The van der Waals surface area contributed by atoms with Crippen molar-refractivity contribution in [3.05, 3.63) is 60.4 Å². The van der Waals surface area contributed by atoms with Crippen LogP contribution in [-0.4, -0.2) is 23.9 Å². The first-order chi connectivity index (χ1) is 10.8. The number of halogens is 1. The third kappa shape index (κ3) is 7.68. The first-order valence-electron chi connectivity index (χ1n) is 6.95. The zero-order chi connectivity index (χ0) is 17.3. The van der Waals surface area contributed by atoms with Crippen LogP contribution in [0.5, 0.6) is 0 Å². The molecule has 0 saturated carbocycles. The van der Waals surface area contributed by atoms with Gasteiger partial charge in [-0.25, -0.2) is 9.18 Å². The van der Waals surface area contributed by atoms with Gasteiger partial charge in [0.2, 0.25) is 0 Å². The number of hydrogen-bond donors (Lipinski definition) is 1. The summed E-state index contributed by atoms with van der Waals surface area (Å²) in [6.45, 7) is 2.92. The van der Waals surface area contributed by atoms with Crippen molar-refractivity contribution in [1.82, 2.24) is 0 Å². The maximum Gasteiger partial charge on any atom is 0.331 e. The molecule has 23 heavy (non-hydrogen) atoms. The monoisotopic (exact) mass is 314 g/mol. The predicted molar refractivity (Wildman–Crippen MR) is 89.8 cm³/mol. The van der Waals surface area contributed by atoms with E-state index in [0.717, 1.165) is 23.3 Å². The number of fused-ring (bicyclic) bond motifs is 1. The van der Waals surface area contributed by atoms with Gasteiger partial charge in [-0.1, -0.05) is 42.2 Å². The van der Waals surface area contributed by atoms with Gasteiger partial charge in [-0.3, -0.25) is 0 Å². The number of methoxy groups -OCH3 is 1. The molecule has 2 aromatic carbocycles. The van der Waals surface area contributed by atoms with Crippen LogP contribution >= 0.6 is 0 Å². The van der Waals surface area contributed by atoms with Gasteiger partial charge in [0.15, 0.2) is 5.67 Å². The largest absolute Gasteiger partial charge is 0.504 e. The van der Waals surface area contributed by atoms with Crippen molar-refractivity contribution in [2.24, 2.45) is 0 Å². The number of rotatable bonds is 2. The van der Waals surface area contributed by atoms with Gasteiger partial charge in [-0.2, -0.15) is 0 Å². The summed E-state index contributed by atoms with van der Waals surface area (Å²) in [5, 5.41) is 10.2. The Morgan fingerprint density at radius 3 is 2.39 bits per heavy atom. The van der Waals surface area contributed by atoms with E-state index in [1.807, 2.05) is 42.5 Å². The van der Waals surface area contributed by atoms with Gasteiger partial charge in [0, 0.05) is 5.56 Å². The topological polar surface area (TPSA) is 46.5 Å². The fourth-order valence-electron chi connectivity index (χ4n) is 1.61. The van der Waals surface area contributed by atoms with E-state index in [1.54, 1.807) is 0 Å². The van der Waals surface area contributed by atoms with Crippen LogP contribution in [0.15, 0.2) is 54.8 Å². The van der Waals surface area contributed by atoms with Crippen LogP contribution in [0.2, 0.25) is 0 Å². The second-order valence-corrected chi connectivity index (χ2v) is 5.16. The van der Waals surface area contributed by atoms with Crippen molar-refractivity contribution >= 4 is 16.7 Å². The first kappa shape index (κ1) is 18.2. The summed E-state index contributed by atoms with van der Waals surface area (Å²) in [5.41, 5.74) is -0.588. The highest BCUT2D eigenvalue weighted by molar-refractivity contribution is 5.83. The molecule has 120 valence electrons. The summed E-state index contributed by atoms with van der Waals surface area (Å²) in [6.07, 6.45) is 2.02. The average molecular weight is 314 g/mol. The normalized spacial score (nSPS) is 10.4. The van der Waals surface area contributed by atoms with Gasteiger partial charge in [0.25, 0.3) is 0 Å². The summed E-state index contributed by atoms with van der Waals surface area (Å²) in [4.78, 5) is 9.59. The summed E-state index contributed by atoms with van der Waals surface area (Å²) in [6, 6.07) is 14.0. The molecule has 0 atom stereocenters. The van der Waals surface area contributed by atoms with Gasteiger partial charge in [0.1, 0.15) is 0 Å². The number of carboxylic acids is 1. The predicted octanol–water partition coefficient (Wildman–Crippen LogP) is 4.17. The maximum atomic E-state index is 13.2. The van der Waals surface area contributed by atoms with E-state index in [-0.39, 0.29) is 0 Å². The minimum Gasteiger partial charge on any atom is -0.504 e. The van der Waals surface area contributed by atoms with Crippen LogP contribution in [0.3, 0.4) is 0 Å². The molecule has 0 heterocycles. The molecule has 0 aliphatic rings. The minimum atomic E-state index is -1.44. The molecule has 0 fully saturated rings. The molecule has 0 aliphatic heterocycles. The Morgan fingerprint density at radius 2 is 1.87 bits per heavy atom. The van der Waals surface area contributed by atoms with Crippen molar-refractivity contribution in [2.45, 2.75) is 19.5 Å². The van der Waals surface area contributed by atoms with Gasteiger partial charge in [-0.05, 0) is 36.8 Å². The summed E-state index contributed by atoms with van der Waals surface area (Å²) >= 11 is 0. The van der Waals surface area contributed by atoms with Crippen LogP contribution in [0, 0.1) is 11.8 Å². The van der Waals surface area contributed by atoms with Crippen LogP contribution in [-0.2, 0) is 9.53 Å². The third-order valence-electron chi connectivity index (χ3n) is 2.60.